The Hall–Kier alpha value is -3.18. The largest absolute Gasteiger partial charge is 0.496 e. The Morgan fingerprint density at radius 1 is 1.00 bits per heavy atom. The van der Waals surface area contributed by atoms with Gasteiger partial charge in [0.2, 0.25) is 5.91 Å². The number of rotatable bonds is 7. The number of hydrogen-bond donors (Lipinski definition) is 0. The molecule has 1 atom stereocenters. The number of nitrogens with zero attached hydrogens (tertiary/aromatic N) is 3. The minimum atomic E-state index is -0.0926. The molecule has 0 radical (unpaired) electrons. The summed E-state index contributed by atoms with van der Waals surface area (Å²) in [5.41, 5.74) is 4.58. The van der Waals surface area contributed by atoms with Gasteiger partial charge in [-0.15, -0.1) is 0 Å². The fourth-order valence-electron chi connectivity index (χ4n) is 4.56. The number of ether oxygens (including phenoxy) is 1. The first kappa shape index (κ1) is 22.0. The molecule has 32 heavy (non-hydrogen) atoms. The highest BCUT2D eigenvalue weighted by atomic mass is 16.5. The molecule has 1 unspecified atom stereocenters. The van der Waals surface area contributed by atoms with Crippen LogP contribution in [0.4, 0.5) is 0 Å². The average Bonchev–Trinajstić information content (AvgIpc) is 2.98. The van der Waals surface area contributed by atoms with E-state index in [1.165, 1.54) is 5.56 Å². The van der Waals surface area contributed by atoms with Gasteiger partial charge in [0.25, 0.3) is 0 Å². The predicted molar refractivity (Wildman–Crippen MR) is 127 cm³/mol. The second-order valence-corrected chi connectivity index (χ2v) is 8.26. The molecule has 0 N–H and O–H groups in total. The van der Waals surface area contributed by atoms with Gasteiger partial charge >= 0.3 is 0 Å². The molecule has 1 aliphatic heterocycles. The number of aromatic nitrogens is 1. The van der Waals surface area contributed by atoms with Gasteiger partial charge in [0.05, 0.1) is 13.0 Å². The smallest absolute Gasteiger partial charge is 0.227 e. The van der Waals surface area contributed by atoms with Crippen LogP contribution in [0.3, 0.4) is 0 Å². The molecule has 1 aliphatic rings. The van der Waals surface area contributed by atoms with E-state index in [2.05, 4.69) is 47.1 Å². The van der Waals surface area contributed by atoms with Crippen LogP contribution in [0.25, 0.3) is 11.1 Å². The van der Waals surface area contributed by atoms with E-state index in [1.807, 2.05) is 41.4 Å². The first-order chi connectivity index (χ1) is 15.7. The Kier molecular flexibility index (Phi) is 7.17. The van der Waals surface area contributed by atoms with Gasteiger partial charge in [0.1, 0.15) is 5.75 Å². The number of pyridine rings is 1. The first-order valence-corrected chi connectivity index (χ1v) is 11.3. The van der Waals surface area contributed by atoms with Gasteiger partial charge in [-0.2, -0.15) is 0 Å². The second-order valence-electron chi connectivity index (χ2n) is 8.26. The molecule has 0 spiro atoms. The number of likely N-dealkylation sites (N-methyl/N-ethyl adjacent to an activating group) is 1. The van der Waals surface area contributed by atoms with E-state index in [4.69, 9.17) is 4.74 Å². The molecule has 1 saturated heterocycles. The van der Waals surface area contributed by atoms with Gasteiger partial charge < -0.3 is 9.64 Å². The maximum Gasteiger partial charge on any atom is 0.227 e. The van der Waals surface area contributed by atoms with Crippen LogP contribution >= 0.6 is 0 Å². The molecule has 0 aliphatic carbocycles. The summed E-state index contributed by atoms with van der Waals surface area (Å²) in [4.78, 5) is 22.1. The maximum absolute atomic E-state index is 13.4. The average molecular weight is 430 g/mol. The van der Waals surface area contributed by atoms with E-state index < -0.39 is 0 Å². The molecule has 1 aromatic heterocycles. The van der Waals surface area contributed by atoms with Gasteiger partial charge in [0, 0.05) is 56.2 Å². The van der Waals surface area contributed by atoms with Crippen molar-refractivity contribution >= 4 is 5.91 Å². The van der Waals surface area contributed by atoms with Crippen molar-refractivity contribution in [1.82, 2.24) is 14.8 Å². The quantitative estimate of drug-likeness (QED) is 0.562. The van der Waals surface area contributed by atoms with Crippen molar-refractivity contribution in [1.29, 1.82) is 0 Å². The fraction of sp³-hybridized carbons (Fsp3) is 0.333. The van der Waals surface area contributed by atoms with E-state index in [-0.39, 0.29) is 11.8 Å². The van der Waals surface area contributed by atoms with Crippen molar-refractivity contribution in [3.8, 4) is 16.9 Å². The van der Waals surface area contributed by atoms with Crippen LogP contribution in [0.1, 0.15) is 18.1 Å². The number of benzene rings is 2. The molecular formula is C27H31N3O2. The van der Waals surface area contributed by atoms with Crippen molar-refractivity contribution in [2.75, 3.05) is 33.3 Å². The Balaban J connectivity index is 1.60. The number of methoxy groups -OCH3 is 1. The van der Waals surface area contributed by atoms with Crippen molar-refractivity contribution in [2.45, 2.75) is 19.9 Å². The van der Waals surface area contributed by atoms with Gasteiger partial charge in [-0.3, -0.25) is 14.7 Å². The van der Waals surface area contributed by atoms with Crippen LogP contribution < -0.4 is 4.74 Å². The fourth-order valence-corrected chi connectivity index (χ4v) is 4.56. The third-order valence-electron chi connectivity index (χ3n) is 6.25. The summed E-state index contributed by atoms with van der Waals surface area (Å²) in [7, 11) is 1.71. The molecule has 5 heteroatoms. The summed E-state index contributed by atoms with van der Waals surface area (Å²) >= 11 is 0. The van der Waals surface area contributed by atoms with Crippen molar-refractivity contribution in [2.24, 2.45) is 5.92 Å². The second kappa shape index (κ2) is 10.4. The van der Waals surface area contributed by atoms with E-state index in [9.17, 15) is 4.79 Å². The van der Waals surface area contributed by atoms with Crippen LogP contribution in [0.2, 0.25) is 0 Å². The van der Waals surface area contributed by atoms with Gasteiger partial charge in [0.15, 0.2) is 0 Å². The normalized spacial score (nSPS) is 17.2. The number of carbonyl (C=O) groups is 1. The summed E-state index contributed by atoms with van der Waals surface area (Å²) in [6, 6.07) is 20.5. The van der Waals surface area contributed by atoms with Crippen LogP contribution in [0.15, 0.2) is 73.1 Å². The topological polar surface area (TPSA) is 45.7 Å². The zero-order chi connectivity index (χ0) is 22.3. The molecule has 3 aromatic rings. The molecule has 2 heterocycles. The number of para-hydroxylation sites is 1. The van der Waals surface area contributed by atoms with E-state index in [0.717, 1.165) is 55.2 Å². The third kappa shape index (κ3) is 5.00. The monoisotopic (exact) mass is 429 g/mol. The molecular weight excluding hydrogens is 398 g/mol. The molecule has 1 fully saturated rings. The number of carbonyl (C=O) groups excluding carboxylic acids is 1. The zero-order valence-corrected chi connectivity index (χ0v) is 18.9. The standard InChI is InChI=1S/C27H31N3O2/c1-3-30-16-15-29(19-23-10-5-7-13-26(23)32-2)20-24(27(30)31)17-21-9-4-6-12-25(21)22-11-8-14-28-18-22/h4-14,18,24H,3,15-17,19-20H2,1-2H3. The Morgan fingerprint density at radius 2 is 1.78 bits per heavy atom. The summed E-state index contributed by atoms with van der Waals surface area (Å²) in [5, 5.41) is 0. The molecule has 4 rings (SSSR count). The summed E-state index contributed by atoms with van der Waals surface area (Å²) in [5.74, 6) is 1.05. The maximum atomic E-state index is 13.4. The molecule has 2 aromatic carbocycles. The lowest BCUT2D eigenvalue weighted by molar-refractivity contribution is -0.134. The SMILES string of the molecule is CCN1CCN(Cc2ccccc2OC)CC(Cc2ccccc2-c2cccnc2)C1=O. The van der Waals surface area contributed by atoms with E-state index >= 15 is 0 Å². The predicted octanol–water partition coefficient (Wildman–Crippen LogP) is 4.28. The van der Waals surface area contributed by atoms with Crippen LogP contribution in [-0.2, 0) is 17.8 Å². The van der Waals surface area contributed by atoms with E-state index in [0.29, 0.717) is 6.42 Å². The van der Waals surface area contributed by atoms with Crippen LogP contribution in [-0.4, -0.2) is 54.0 Å². The lowest BCUT2D eigenvalue weighted by Crippen LogP contribution is -2.37. The molecule has 0 saturated carbocycles. The Bertz CT molecular complexity index is 1040. The molecule has 0 bridgehead atoms. The minimum Gasteiger partial charge on any atom is -0.496 e. The number of hydrogen-bond acceptors (Lipinski definition) is 4. The first-order valence-electron chi connectivity index (χ1n) is 11.3. The summed E-state index contributed by atoms with van der Waals surface area (Å²) in [6.07, 6.45) is 4.39. The van der Waals surface area contributed by atoms with Gasteiger partial charge in [-0.1, -0.05) is 48.5 Å². The van der Waals surface area contributed by atoms with Gasteiger partial charge in [-0.05, 0) is 36.6 Å². The summed E-state index contributed by atoms with van der Waals surface area (Å²) < 4.78 is 5.56. The lowest BCUT2D eigenvalue weighted by Gasteiger charge is -2.25. The summed E-state index contributed by atoms with van der Waals surface area (Å²) in [6.45, 7) is 5.92. The Labute approximate surface area is 190 Å². The van der Waals surface area contributed by atoms with Crippen molar-refractivity contribution in [3.63, 3.8) is 0 Å². The van der Waals surface area contributed by atoms with Gasteiger partial charge in [-0.25, -0.2) is 0 Å². The lowest BCUT2D eigenvalue weighted by atomic mass is 9.91. The van der Waals surface area contributed by atoms with Crippen molar-refractivity contribution < 1.29 is 9.53 Å². The zero-order valence-electron chi connectivity index (χ0n) is 18.9. The Morgan fingerprint density at radius 3 is 2.53 bits per heavy atom. The highest BCUT2D eigenvalue weighted by Crippen LogP contribution is 2.28. The molecule has 5 nitrogen and oxygen atoms in total. The molecule has 1 amide bonds. The van der Waals surface area contributed by atoms with Crippen LogP contribution in [0.5, 0.6) is 5.75 Å². The van der Waals surface area contributed by atoms with E-state index in [1.54, 1.807) is 13.3 Å². The highest BCUT2D eigenvalue weighted by Gasteiger charge is 2.30. The minimum absolute atomic E-state index is 0.0926. The third-order valence-corrected chi connectivity index (χ3v) is 6.25. The molecule has 166 valence electrons. The highest BCUT2D eigenvalue weighted by molar-refractivity contribution is 5.80. The van der Waals surface area contributed by atoms with Crippen LogP contribution in [0, 0.1) is 5.92 Å². The van der Waals surface area contributed by atoms with Crippen molar-refractivity contribution in [3.05, 3.63) is 84.2 Å². The number of amides is 1.